The van der Waals surface area contributed by atoms with Gasteiger partial charge in [0, 0.05) is 24.8 Å². The molecule has 0 fully saturated rings. The van der Waals surface area contributed by atoms with Crippen molar-refractivity contribution in [2.75, 3.05) is 11.7 Å². The molecule has 29 heavy (non-hydrogen) atoms. The summed E-state index contributed by atoms with van der Waals surface area (Å²) in [4.78, 5) is 19.1. The molecule has 0 atom stereocenters. The second-order valence-corrected chi connectivity index (χ2v) is 6.61. The Morgan fingerprint density at radius 2 is 1.86 bits per heavy atom. The number of benzene rings is 2. The quantitative estimate of drug-likeness (QED) is 0.516. The molecule has 0 bridgehead atoms. The summed E-state index contributed by atoms with van der Waals surface area (Å²) >= 11 is 0. The van der Waals surface area contributed by atoms with Crippen molar-refractivity contribution < 1.29 is 18.7 Å². The zero-order chi connectivity index (χ0) is 20.0. The van der Waals surface area contributed by atoms with Crippen LogP contribution in [0.2, 0.25) is 0 Å². The van der Waals surface area contributed by atoms with E-state index in [1.165, 1.54) is 19.1 Å². The number of rotatable bonds is 3. The van der Waals surface area contributed by atoms with Crippen molar-refractivity contribution in [1.82, 2.24) is 9.38 Å². The first-order valence-corrected chi connectivity index (χ1v) is 9.05. The highest BCUT2D eigenvalue weighted by molar-refractivity contribution is 6.02. The fraction of sp³-hybridized carbons (Fsp3) is 0.0909. The van der Waals surface area contributed by atoms with Crippen LogP contribution in [-0.4, -0.2) is 22.1 Å². The van der Waals surface area contributed by atoms with E-state index >= 15 is 0 Å². The van der Waals surface area contributed by atoms with Crippen LogP contribution in [0.15, 0.2) is 66.9 Å². The second-order valence-electron chi connectivity index (χ2n) is 6.61. The second kappa shape index (κ2) is 6.63. The Bertz CT molecular complexity index is 1230. The van der Waals surface area contributed by atoms with Gasteiger partial charge in [0.15, 0.2) is 17.3 Å². The Balaban J connectivity index is 1.76. The van der Waals surface area contributed by atoms with Crippen LogP contribution in [0.3, 0.4) is 0 Å². The maximum Gasteiger partial charge on any atom is 0.231 e. The molecule has 6 nitrogen and oxygen atoms in total. The van der Waals surface area contributed by atoms with Crippen LogP contribution < -0.4 is 14.4 Å². The molecule has 5 rings (SSSR count). The number of aromatic nitrogens is 2. The predicted octanol–water partition coefficient (Wildman–Crippen LogP) is 4.55. The number of nitrogens with zero attached hydrogens (tertiary/aromatic N) is 3. The summed E-state index contributed by atoms with van der Waals surface area (Å²) in [7, 11) is 0. The van der Waals surface area contributed by atoms with E-state index in [1.54, 1.807) is 35.2 Å². The van der Waals surface area contributed by atoms with Gasteiger partial charge in [-0.1, -0.05) is 6.07 Å². The van der Waals surface area contributed by atoms with Crippen LogP contribution in [0.1, 0.15) is 6.92 Å². The van der Waals surface area contributed by atoms with Crippen molar-refractivity contribution in [2.24, 2.45) is 0 Å². The third kappa shape index (κ3) is 2.87. The van der Waals surface area contributed by atoms with Crippen molar-refractivity contribution in [3.63, 3.8) is 0 Å². The lowest BCUT2D eigenvalue weighted by Gasteiger charge is -2.22. The largest absolute Gasteiger partial charge is 0.454 e. The van der Waals surface area contributed by atoms with E-state index in [9.17, 15) is 9.18 Å². The molecule has 0 radical (unpaired) electrons. The normalized spacial score (nSPS) is 12.3. The van der Waals surface area contributed by atoms with E-state index in [0.29, 0.717) is 39.9 Å². The summed E-state index contributed by atoms with van der Waals surface area (Å²) in [6, 6.07) is 17.0. The first-order valence-electron chi connectivity index (χ1n) is 9.05. The van der Waals surface area contributed by atoms with Crippen molar-refractivity contribution in [3.8, 4) is 22.8 Å². The smallest absolute Gasteiger partial charge is 0.231 e. The van der Waals surface area contributed by atoms with Gasteiger partial charge in [0.05, 0.1) is 5.69 Å². The van der Waals surface area contributed by atoms with Crippen LogP contribution in [0.25, 0.3) is 16.9 Å². The molecule has 1 aliphatic rings. The number of halogens is 1. The highest BCUT2D eigenvalue weighted by Crippen LogP contribution is 2.40. The van der Waals surface area contributed by atoms with Crippen molar-refractivity contribution in [2.45, 2.75) is 6.92 Å². The van der Waals surface area contributed by atoms with Crippen LogP contribution in [0.5, 0.6) is 11.5 Å². The summed E-state index contributed by atoms with van der Waals surface area (Å²) in [5.74, 6) is 1.25. The SMILES string of the molecule is CC(=O)N(c1ccc2c(c1)OCO2)c1c(-c2ccc(F)cc2)nc2ccccn12. The molecule has 0 saturated carbocycles. The van der Waals surface area contributed by atoms with E-state index in [-0.39, 0.29) is 18.5 Å². The molecule has 0 N–H and O–H groups in total. The fourth-order valence-electron chi connectivity index (χ4n) is 3.48. The van der Waals surface area contributed by atoms with E-state index < -0.39 is 0 Å². The Morgan fingerprint density at radius 3 is 2.66 bits per heavy atom. The molecule has 1 aliphatic heterocycles. The average Bonchev–Trinajstić information content (AvgIpc) is 3.33. The molecule has 2 aromatic carbocycles. The van der Waals surface area contributed by atoms with Gasteiger partial charge < -0.3 is 9.47 Å². The molecule has 0 saturated heterocycles. The molecule has 144 valence electrons. The van der Waals surface area contributed by atoms with Gasteiger partial charge in [0.2, 0.25) is 12.7 Å². The Labute approximate surface area is 165 Å². The number of pyridine rings is 1. The van der Waals surface area contributed by atoms with Gasteiger partial charge >= 0.3 is 0 Å². The lowest BCUT2D eigenvalue weighted by atomic mass is 10.1. The standard InChI is InChI=1S/C22H16FN3O3/c1-14(27)26(17-9-10-18-19(12-17)29-13-28-18)22-21(15-5-7-16(23)8-6-15)24-20-4-2-3-11-25(20)22/h2-12H,13H2,1H3. The van der Waals surface area contributed by atoms with Gasteiger partial charge in [-0.25, -0.2) is 9.37 Å². The maximum absolute atomic E-state index is 13.5. The zero-order valence-corrected chi connectivity index (χ0v) is 15.5. The van der Waals surface area contributed by atoms with E-state index in [4.69, 9.17) is 14.5 Å². The Hall–Kier alpha value is -3.87. The number of fused-ring (bicyclic) bond motifs is 2. The van der Waals surface area contributed by atoms with Crippen LogP contribution in [-0.2, 0) is 4.79 Å². The Kier molecular flexibility index (Phi) is 3.94. The first kappa shape index (κ1) is 17.2. The lowest BCUT2D eigenvalue weighted by Crippen LogP contribution is -2.24. The van der Waals surface area contributed by atoms with Gasteiger partial charge in [-0.2, -0.15) is 0 Å². The first-order chi connectivity index (χ1) is 14.1. The van der Waals surface area contributed by atoms with Crippen molar-refractivity contribution in [3.05, 3.63) is 72.7 Å². The van der Waals surface area contributed by atoms with Gasteiger partial charge in [0.25, 0.3) is 0 Å². The number of imidazole rings is 1. The highest BCUT2D eigenvalue weighted by Gasteiger charge is 2.26. The number of amides is 1. The number of anilines is 2. The zero-order valence-electron chi connectivity index (χ0n) is 15.5. The van der Waals surface area contributed by atoms with Crippen molar-refractivity contribution in [1.29, 1.82) is 0 Å². The molecule has 0 spiro atoms. The van der Waals surface area contributed by atoms with Gasteiger partial charge in [-0.3, -0.25) is 14.1 Å². The number of carbonyl (C=O) groups is 1. The lowest BCUT2D eigenvalue weighted by molar-refractivity contribution is -0.115. The molecule has 7 heteroatoms. The van der Waals surface area contributed by atoms with Crippen LogP contribution in [0, 0.1) is 5.82 Å². The summed E-state index contributed by atoms with van der Waals surface area (Å²) in [5, 5.41) is 0. The molecule has 3 heterocycles. The summed E-state index contributed by atoms with van der Waals surface area (Å²) in [6.45, 7) is 1.64. The van der Waals surface area contributed by atoms with Gasteiger partial charge in [-0.15, -0.1) is 0 Å². The number of hydrogen-bond donors (Lipinski definition) is 0. The number of ether oxygens (including phenoxy) is 2. The molecule has 4 aromatic rings. The highest BCUT2D eigenvalue weighted by atomic mass is 19.1. The van der Waals surface area contributed by atoms with Gasteiger partial charge in [-0.05, 0) is 48.5 Å². The minimum Gasteiger partial charge on any atom is -0.454 e. The minimum absolute atomic E-state index is 0.148. The van der Waals surface area contributed by atoms with Crippen molar-refractivity contribution >= 4 is 23.1 Å². The number of carbonyl (C=O) groups excluding carboxylic acids is 1. The molecule has 2 aromatic heterocycles. The average molecular weight is 389 g/mol. The monoisotopic (exact) mass is 389 g/mol. The topological polar surface area (TPSA) is 56.1 Å². The van der Waals surface area contributed by atoms with Gasteiger partial charge in [0.1, 0.15) is 17.2 Å². The Morgan fingerprint density at radius 1 is 1.07 bits per heavy atom. The third-order valence-electron chi connectivity index (χ3n) is 4.76. The fourth-order valence-corrected chi connectivity index (χ4v) is 3.48. The third-order valence-corrected chi connectivity index (χ3v) is 4.76. The van der Waals surface area contributed by atoms with E-state index in [1.807, 2.05) is 28.8 Å². The summed E-state index contributed by atoms with van der Waals surface area (Å²) < 4.78 is 26.2. The summed E-state index contributed by atoms with van der Waals surface area (Å²) in [5.41, 5.74) is 2.57. The molecule has 0 unspecified atom stereocenters. The van der Waals surface area contributed by atoms with E-state index in [2.05, 4.69) is 0 Å². The number of hydrogen-bond acceptors (Lipinski definition) is 4. The minimum atomic E-state index is -0.335. The molecule has 0 aliphatic carbocycles. The molecular weight excluding hydrogens is 373 g/mol. The maximum atomic E-state index is 13.5. The molecular formula is C22H16FN3O3. The molecule has 1 amide bonds. The van der Waals surface area contributed by atoms with E-state index in [0.717, 1.165) is 0 Å². The predicted molar refractivity (Wildman–Crippen MR) is 106 cm³/mol. The van der Waals surface area contributed by atoms with Crippen LogP contribution in [0.4, 0.5) is 15.9 Å². The van der Waals surface area contributed by atoms with Crippen LogP contribution >= 0.6 is 0 Å². The summed E-state index contributed by atoms with van der Waals surface area (Å²) in [6.07, 6.45) is 1.84.